The molecule has 0 aliphatic carbocycles. The molecule has 2 aromatic heterocycles. The van der Waals surface area contributed by atoms with Gasteiger partial charge >= 0.3 is 0 Å². The average molecular weight is 223 g/mol. The number of hydrogen-bond acceptors (Lipinski definition) is 4. The summed E-state index contributed by atoms with van der Waals surface area (Å²) in [5, 5.41) is 1.94. The number of aromatic nitrogens is 2. The monoisotopic (exact) mass is 223 g/mol. The Labute approximate surface area is 91.8 Å². The van der Waals surface area contributed by atoms with Gasteiger partial charge in [0.25, 0.3) is 5.56 Å². The Morgan fingerprint density at radius 3 is 2.87 bits per heavy atom. The maximum atomic E-state index is 11.4. The molecule has 5 heteroatoms. The lowest BCUT2D eigenvalue weighted by Crippen LogP contribution is -2.26. The van der Waals surface area contributed by atoms with E-state index in [1.807, 2.05) is 16.0 Å². The summed E-state index contributed by atoms with van der Waals surface area (Å²) in [7, 11) is 0. The number of thiazole rings is 1. The maximum absolute atomic E-state index is 11.4. The molecular formula is C10H13N3OS. The molecule has 80 valence electrons. The Kier molecular flexibility index (Phi) is 2.73. The van der Waals surface area contributed by atoms with Crippen LogP contribution in [0.25, 0.3) is 4.96 Å². The third-order valence-electron chi connectivity index (χ3n) is 2.38. The van der Waals surface area contributed by atoms with E-state index < -0.39 is 0 Å². The third kappa shape index (κ3) is 1.74. The molecule has 0 fully saturated rings. The van der Waals surface area contributed by atoms with Gasteiger partial charge in [0.1, 0.15) is 5.82 Å². The Hall–Kier alpha value is -1.36. The lowest BCUT2D eigenvalue weighted by atomic mass is 10.4. The second kappa shape index (κ2) is 4.02. The molecule has 0 spiro atoms. The molecule has 0 N–H and O–H groups in total. The van der Waals surface area contributed by atoms with Crippen LogP contribution in [0.5, 0.6) is 0 Å². The van der Waals surface area contributed by atoms with Crippen molar-refractivity contribution >= 4 is 22.1 Å². The smallest absolute Gasteiger partial charge is 0.276 e. The first kappa shape index (κ1) is 10.2. The van der Waals surface area contributed by atoms with Crippen LogP contribution in [0.3, 0.4) is 0 Å². The minimum Gasteiger partial charge on any atom is -0.358 e. The standard InChI is InChI=1S/C10H13N3OS/c1-3-12(4-2)9-7-8(14)11-10-13(9)5-6-15-10/h5-7H,3-4H2,1-2H3. The molecule has 0 saturated heterocycles. The number of hydrogen-bond donors (Lipinski definition) is 0. The van der Waals surface area contributed by atoms with Crippen molar-refractivity contribution in [2.75, 3.05) is 18.0 Å². The van der Waals surface area contributed by atoms with Gasteiger partial charge in [0, 0.05) is 30.7 Å². The van der Waals surface area contributed by atoms with Crippen LogP contribution >= 0.6 is 11.3 Å². The number of rotatable bonds is 3. The summed E-state index contributed by atoms with van der Waals surface area (Å²) in [6.07, 6.45) is 1.94. The molecule has 2 rings (SSSR count). The second-order valence-electron chi connectivity index (χ2n) is 3.18. The highest BCUT2D eigenvalue weighted by Crippen LogP contribution is 2.16. The van der Waals surface area contributed by atoms with E-state index in [1.54, 1.807) is 6.07 Å². The Balaban J connectivity index is 2.67. The fraction of sp³-hybridized carbons (Fsp3) is 0.400. The van der Waals surface area contributed by atoms with Gasteiger partial charge in [-0.15, -0.1) is 11.3 Å². The van der Waals surface area contributed by atoms with Crippen LogP contribution in [0, 0.1) is 0 Å². The van der Waals surface area contributed by atoms with Crippen molar-refractivity contribution in [3.05, 3.63) is 28.0 Å². The fourth-order valence-electron chi connectivity index (χ4n) is 1.63. The number of fused-ring (bicyclic) bond motifs is 1. The van der Waals surface area contributed by atoms with Gasteiger partial charge in [-0.1, -0.05) is 0 Å². The van der Waals surface area contributed by atoms with Crippen LogP contribution < -0.4 is 10.5 Å². The average Bonchev–Trinajstić information content (AvgIpc) is 2.67. The molecule has 4 nitrogen and oxygen atoms in total. The van der Waals surface area contributed by atoms with Crippen molar-refractivity contribution in [3.63, 3.8) is 0 Å². The molecule has 0 saturated carbocycles. The molecule has 0 aliphatic rings. The largest absolute Gasteiger partial charge is 0.358 e. The summed E-state index contributed by atoms with van der Waals surface area (Å²) in [4.78, 5) is 18.2. The van der Waals surface area contributed by atoms with Crippen molar-refractivity contribution in [2.45, 2.75) is 13.8 Å². The van der Waals surface area contributed by atoms with Crippen molar-refractivity contribution < 1.29 is 0 Å². The van der Waals surface area contributed by atoms with Gasteiger partial charge in [-0.2, -0.15) is 4.98 Å². The van der Waals surface area contributed by atoms with Gasteiger partial charge in [0.2, 0.25) is 0 Å². The second-order valence-corrected chi connectivity index (χ2v) is 4.05. The normalized spacial score (nSPS) is 10.8. The maximum Gasteiger partial charge on any atom is 0.276 e. The zero-order valence-corrected chi connectivity index (χ0v) is 9.62. The summed E-state index contributed by atoms with van der Waals surface area (Å²) in [5.41, 5.74) is -0.167. The molecule has 0 bridgehead atoms. The molecule has 0 atom stereocenters. The first-order valence-electron chi connectivity index (χ1n) is 4.98. The van der Waals surface area contributed by atoms with Crippen LogP contribution in [-0.4, -0.2) is 22.5 Å². The first-order valence-corrected chi connectivity index (χ1v) is 5.86. The Morgan fingerprint density at radius 2 is 2.20 bits per heavy atom. The highest BCUT2D eigenvalue weighted by Gasteiger charge is 2.08. The topological polar surface area (TPSA) is 37.6 Å². The highest BCUT2D eigenvalue weighted by atomic mass is 32.1. The van der Waals surface area contributed by atoms with Crippen LogP contribution in [0.15, 0.2) is 22.4 Å². The number of nitrogens with zero attached hydrogens (tertiary/aromatic N) is 3. The summed E-state index contributed by atoms with van der Waals surface area (Å²) >= 11 is 1.48. The van der Waals surface area contributed by atoms with Gasteiger partial charge in [0.15, 0.2) is 4.96 Å². The molecular weight excluding hydrogens is 210 g/mol. The zero-order chi connectivity index (χ0) is 10.8. The van der Waals surface area contributed by atoms with Gasteiger partial charge in [-0.3, -0.25) is 9.20 Å². The molecule has 0 radical (unpaired) electrons. The molecule has 0 aromatic carbocycles. The molecule has 0 aliphatic heterocycles. The van der Waals surface area contributed by atoms with Crippen LogP contribution in [0.4, 0.5) is 5.82 Å². The Bertz CT molecular complexity index is 513. The van der Waals surface area contributed by atoms with E-state index in [0.717, 1.165) is 23.9 Å². The van der Waals surface area contributed by atoms with Gasteiger partial charge in [-0.05, 0) is 13.8 Å². The Morgan fingerprint density at radius 1 is 1.47 bits per heavy atom. The van der Waals surface area contributed by atoms with Crippen molar-refractivity contribution in [3.8, 4) is 0 Å². The van der Waals surface area contributed by atoms with Gasteiger partial charge in [0.05, 0.1) is 0 Å². The van der Waals surface area contributed by atoms with Crippen molar-refractivity contribution in [1.82, 2.24) is 9.38 Å². The lowest BCUT2D eigenvalue weighted by Gasteiger charge is -2.21. The van der Waals surface area contributed by atoms with E-state index in [4.69, 9.17) is 0 Å². The van der Waals surface area contributed by atoms with E-state index >= 15 is 0 Å². The van der Waals surface area contributed by atoms with Crippen molar-refractivity contribution in [2.24, 2.45) is 0 Å². The molecule has 15 heavy (non-hydrogen) atoms. The van der Waals surface area contributed by atoms with E-state index in [1.165, 1.54) is 11.3 Å². The summed E-state index contributed by atoms with van der Waals surface area (Å²) in [6.45, 7) is 5.93. The lowest BCUT2D eigenvalue weighted by molar-refractivity contribution is 0.830. The molecule has 2 heterocycles. The molecule has 0 amide bonds. The predicted octanol–water partition coefficient (Wildman–Crippen LogP) is 1.60. The quantitative estimate of drug-likeness (QED) is 0.793. The van der Waals surface area contributed by atoms with E-state index in [-0.39, 0.29) is 5.56 Å². The van der Waals surface area contributed by atoms with Crippen LogP contribution in [0.1, 0.15) is 13.8 Å². The van der Waals surface area contributed by atoms with Gasteiger partial charge in [-0.25, -0.2) is 0 Å². The summed E-state index contributed by atoms with van der Waals surface area (Å²) < 4.78 is 1.96. The zero-order valence-electron chi connectivity index (χ0n) is 8.80. The predicted molar refractivity (Wildman–Crippen MR) is 62.9 cm³/mol. The third-order valence-corrected chi connectivity index (χ3v) is 3.14. The minimum atomic E-state index is -0.167. The molecule has 0 unspecified atom stereocenters. The van der Waals surface area contributed by atoms with E-state index in [2.05, 4.69) is 23.7 Å². The summed E-state index contributed by atoms with van der Waals surface area (Å²) in [6, 6.07) is 1.59. The van der Waals surface area contributed by atoms with Crippen molar-refractivity contribution in [1.29, 1.82) is 0 Å². The fourth-order valence-corrected chi connectivity index (χ4v) is 2.34. The SMILES string of the molecule is CCN(CC)c1cc(=O)nc2sccn12. The van der Waals surface area contributed by atoms with E-state index in [9.17, 15) is 4.79 Å². The highest BCUT2D eigenvalue weighted by molar-refractivity contribution is 7.15. The van der Waals surface area contributed by atoms with Crippen LogP contribution in [0.2, 0.25) is 0 Å². The first-order chi connectivity index (χ1) is 7.26. The van der Waals surface area contributed by atoms with Crippen LogP contribution in [-0.2, 0) is 0 Å². The number of anilines is 1. The van der Waals surface area contributed by atoms with E-state index in [0.29, 0.717) is 0 Å². The molecule has 2 aromatic rings. The van der Waals surface area contributed by atoms with Gasteiger partial charge < -0.3 is 4.90 Å². The summed E-state index contributed by atoms with van der Waals surface area (Å²) in [5.74, 6) is 0.927. The minimum absolute atomic E-state index is 0.167.